The van der Waals surface area contributed by atoms with E-state index in [1.807, 2.05) is 27.8 Å². The lowest BCUT2D eigenvalue weighted by atomic mass is 9.92. The number of urea groups is 1. The van der Waals surface area contributed by atoms with Gasteiger partial charge in [-0.25, -0.2) is 4.79 Å². The summed E-state index contributed by atoms with van der Waals surface area (Å²) < 4.78 is 7.92. The van der Waals surface area contributed by atoms with Gasteiger partial charge in [0.25, 0.3) is 0 Å². The third-order valence-electron chi connectivity index (χ3n) is 5.65. The van der Waals surface area contributed by atoms with Crippen molar-refractivity contribution in [1.82, 2.24) is 20.0 Å². The number of carbonyl (C=O) groups excluding carboxylic acids is 1. The van der Waals surface area contributed by atoms with Gasteiger partial charge < -0.3 is 15.0 Å². The molecular weight excluding hydrogens is 352 g/mol. The molecule has 1 N–H and O–H groups in total. The van der Waals surface area contributed by atoms with Crippen molar-refractivity contribution in [2.45, 2.75) is 39.3 Å². The molecule has 150 valence electrons. The van der Waals surface area contributed by atoms with Crippen LogP contribution in [0.3, 0.4) is 0 Å². The molecule has 0 saturated carbocycles. The number of aromatic nitrogens is 2. The van der Waals surface area contributed by atoms with E-state index < -0.39 is 0 Å². The van der Waals surface area contributed by atoms with Gasteiger partial charge in [-0.3, -0.25) is 4.68 Å². The smallest absolute Gasteiger partial charge is 0.317 e. The Labute approximate surface area is 166 Å². The Hall–Kier alpha value is -2.34. The highest BCUT2D eigenvalue weighted by molar-refractivity contribution is 5.74. The Kier molecular flexibility index (Phi) is 5.67. The van der Waals surface area contributed by atoms with Gasteiger partial charge in [0.2, 0.25) is 0 Å². The van der Waals surface area contributed by atoms with Crippen LogP contribution in [0, 0.1) is 11.8 Å². The number of carbonyl (C=O) groups is 1. The maximum absolute atomic E-state index is 12.6. The maximum atomic E-state index is 12.6. The van der Waals surface area contributed by atoms with Gasteiger partial charge in [0.1, 0.15) is 6.10 Å². The number of fused-ring (bicyclic) bond motifs is 1. The first-order valence-electron chi connectivity index (χ1n) is 10.3. The van der Waals surface area contributed by atoms with Gasteiger partial charge in [0, 0.05) is 19.3 Å². The molecule has 2 aromatic rings. The van der Waals surface area contributed by atoms with Crippen molar-refractivity contribution < 1.29 is 9.53 Å². The quantitative estimate of drug-likeness (QED) is 0.883. The third-order valence-corrected chi connectivity index (χ3v) is 5.65. The average molecular weight is 383 g/mol. The standard InChI is InChI=1S/C22H30N4O2/c1-16-10-17(2)13-25(12-16)22(27)23-11-20-21-19(8-9-28-20)15-26(24-21)14-18-6-4-3-5-7-18/h3-7,15-17,20H,8-14H2,1-2H3,(H,23,27). The second-order valence-corrected chi connectivity index (χ2v) is 8.37. The number of nitrogens with one attached hydrogen (secondary N) is 1. The van der Waals surface area contributed by atoms with Crippen molar-refractivity contribution in [3.63, 3.8) is 0 Å². The molecule has 4 rings (SSSR count). The van der Waals surface area contributed by atoms with E-state index in [4.69, 9.17) is 9.84 Å². The number of likely N-dealkylation sites (tertiary alicyclic amines) is 1. The molecular formula is C22H30N4O2. The van der Waals surface area contributed by atoms with Crippen molar-refractivity contribution in [2.75, 3.05) is 26.2 Å². The number of nitrogens with zero attached hydrogens (tertiary/aromatic N) is 3. The zero-order valence-electron chi connectivity index (χ0n) is 16.8. The SMILES string of the molecule is CC1CC(C)CN(C(=O)NCC2OCCc3cn(Cc4ccccc4)nc32)C1. The van der Waals surface area contributed by atoms with Gasteiger partial charge in [0.05, 0.1) is 25.4 Å². The van der Waals surface area contributed by atoms with E-state index in [1.54, 1.807) is 0 Å². The number of benzene rings is 1. The van der Waals surface area contributed by atoms with Crippen molar-refractivity contribution in [3.05, 3.63) is 53.3 Å². The van der Waals surface area contributed by atoms with Crippen molar-refractivity contribution in [3.8, 4) is 0 Å². The van der Waals surface area contributed by atoms with Crippen LogP contribution in [0.1, 0.15) is 43.2 Å². The van der Waals surface area contributed by atoms with E-state index in [-0.39, 0.29) is 12.1 Å². The maximum Gasteiger partial charge on any atom is 0.317 e. The molecule has 2 aliphatic rings. The summed E-state index contributed by atoms with van der Waals surface area (Å²) in [4.78, 5) is 14.6. The molecule has 0 bridgehead atoms. The molecule has 1 fully saturated rings. The van der Waals surface area contributed by atoms with Gasteiger partial charge in [0.15, 0.2) is 0 Å². The van der Waals surface area contributed by atoms with Crippen LogP contribution in [0.15, 0.2) is 36.5 Å². The number of amides is 2. The molecule has 0 aliphatic carbocycles. The predicted molar refractivity (Wildman–Crippen MR) is 108 cm³/mol. The highest BCUT2D eigenvalue weighted by Crippen LogP contribution is 2.26. The second kappa shape index (κ2) is 8.35. The largest absolute Gasteiger partial charge is 0.370 e. The van der Waals surface area contributed by atoms with Crippen molar-refractivity contribution in [1.29, 1.82) is 0 Å². The molecule has 0 spiro atoms. The molecule has 6 nitrogen and oxygen atoms in total. The zero-order chi connectivity index (χ0) is 19.5. The lowest BCUT2D eigenvalue weighted by Crippen LogP contribution is -2.48. The number of rotatable bonds is 4. The number of ether oxygens (including phenoxy) is 1. The van der Waals surface area contributed by atoms with Crippen LogP contribution >= 0.6 is 0 Å². The summed E-state index contributed by atoms with van der Waals surface area (Å²) in [6, 6.07) is 10.3. The number of hydrogen-bond acceptors (Lipinski definition) is 3. The van der Waals surface area contributed by atoms with E-state index in [0.717, 1.165) is 31.7 Å². The molecule has 2 amide bonds. The Morgan fingerprint density at radius 1 is 1.21 bits per heavy atom. The third kappa shape index (κ3) is 4.38. The molecule has 3 atom stereocenters. The molecule has 3 heterocycles. The molecule has 0 radical (unpaired) electrons. The first kappa shape index (κ1) is 19.0. The first-order chi connectivity index (χ1) is 13.6. The topological polar surface area (TPSA) is 59.4 Å². The fourth-order valence-corrected chi connectivity index (χ4v) is 4.46. The summed E-state index contributed by atoms with van der Waals surface area (Å²) in [6.45, 7) is 7.97. The summed E-state index contributed by atoms with van der Waals surface area (Å²) >= 11 is 0. The normalized spacial score (nSPS) is 24.6. The summed E-state index contributed by atoms with van der Waals surface area (Å²) in [5, 5.41) is 7.84. The number of piperidine rings is 1. The van der Waals surface area contributed by atoms with Gasteiger partial charge in [-0.15, -0.1) is 0 Å². The van der Waals surface area contributed by atoms with Crippen molar-refractivity contribution in [2.24, 2.45) is 11.8 Å². The molecule has 1 aromatic carbocycles. The molecule has 3 unspecified atom stereocenters. The minimum absolute atomic E-state index is 0.0119. The van der Waals surface area contributed by atoms with Crippen LogP contribution in [-0.2, 0) is 17.7 Å². The lowest BCUT2D eigenvalue weighted by Gasteiger charge is -2.35. The Bertz CT molecular complexity index is 794. The van der Waals surface area contributed by atoms with Crippen molar-refractivity contribution >= 4 is 6.03 Å². The minimum Gasteiger partial charge on any atom is -0.370 e. The van der Waals surface area contributed by atoms with Crippen LogP contribution in [0.2, 0.25) is 0 Å². The van der Waals surface area contributed by atoms with Crippen LogP contribution < -0.4 is 5.32 Å². The van der Waals surface area contributed by atoms with Gasteiger partial charge >= 0.3 is 6.03 Å². The monoisotopic (exact) mass is 382 g/mol. The van der Waals surface area contributed by atoms with Crippen LogP contribution in [0.25, 0.3) is 0 Å². The summed E-state index contributed by atoms with van der Waals surface area (Å²) in [7, 11) is 0. The summed E-state index contributed by atoms with van der Waals surface area (Å²) in [5.74, 6) is 1.11. The lowest BCUT2D eigenvalue weighted by molar-refractivity contribution is 0.0394. The van der Waals surface area contributed by atoms with E-state index in [9.17, 15) is 4.79 Å². The van der Waals surface area contributed by atoms with E-state index in [0.29, 0.717) is 25.0 Å². The van der Waals surface area contributed by atoms with Crippen LogP contribution in [0.4, 0.5) is 4.79 Å². The summed E-state index contributed by atoms with van der Waals surface area (Å²) in [5.41, 5.74) is 3.41. The molecule has 28 heavy (non-hydrogen) atoms. The van der Waals surface area contributed by atoms with Crippen LogP contribution in [-0.4, -0.2) is 47.0 Å². The zero-order valence-corrected chi connectivity index (χ0v) is 16.8. The van der Waals surface area contributed by atoms with Gasteiger partial charge in [-0.2, -0.15) is 5.10 Å². The Morgan fingerprint density at radius 2 is 1.96 bits per heavy atom. The first-order valence-corrected chi connectivity index (χ1v) is 10.3. The fourth-order valence-electron chi connectivity index (χ4n) is 4.46. The highest BCUT2D eigenvalue weighted by Gasteiger charge is 2.28. The molecule has 6 heteroatoms. The van der Waals surface area contributed by atoms with E-state index in [2.05, 4.69) is 37.5 Å². The van der Waals surface area contributed by atoms with E-state index >= 15 is 0 Å². The van der Waals surface area contributed by atoms with Gasteiger partial charge in [-0.1, -0.05) is 44.2 Å². The fraction of sp³-hybridized carbons (Fsp3) is 0.545. The number of hydrogen-bond donors (Lipinski definition) is 1. The van der Waals surface area contributed by atoms with Crippen LogP contribution in [0.5, 0.6) is 0 Å². The predicted octanol–water partition coefficient (Wildman–Crippen LogP) is 3.23. The van der Waals surface area contributed by atoms with Gasteiger partial charge in [-0.05, 0) is 35.8 Å². The highest BCUT2D eigenvalue weighted by atomic mass is 16.5. The Balaban J connectivity index is 1.38. The summed E-state index contributed by atoms with van der Waals surface area (Å²) in [6.07, 6.45) is 4.01. The minimum atomic E-state index is -0.177. The Morgan fingerprint density at radius 3 is 2.71 bits per heavy atom. The van der Waals surface area contributed by atoms with E-state index in [1.165, 1.54) is 17.5 Å². The average Bonchev–Trinajstić information content (AvgIpc) is 3.09. The molecule has 1 saturated heterocycles. The molecule has 2 aliphatic heterocycles. The second-order valence-electron chi connectivity index (χ2n) is 8.37. The molecule has 1 aromatic heterocycles.